The minimum Gasteiger partial charge on any atom is -0.470 e. The zero-order valence-corrected chi connectivity index (χ0v) is 13.3. The van der Waals surface area contributed by atoms with Crippen molar-refractivity contribution >= 4 is 23.3 Å². The Bertz CT molecular complexity index is 404. The lowest BCUT2D eigenvalue weighted by Gasteiger charge is -2.21. The molecule has 19 heavy (non-hydrogen) atoms. The molecular formula is C14H25N3OS. The third-order valence-corrected chi connectivity index (χ3v) is 3.59. The van der Waals surface area contributed by atoms with Crippen molar-refractivity contribution in [3.8, 4) is 5.88 Å². The van der Waals surface area contributed by atoms with Gasteiger partial charge in [0.2, 0.25) is 5.88 Å². The summed E-state index contributed by atoms with van der Waals surface area (Å²) in [6.45, 7) is 9.06. The van der Waals surface area contributed by atoms with Crippen LogP contribution in [-0.2, 0) is 0 Å². The monoisotopic (exact) mass is 283 g/mol. The highest BCUT2D eigenvalue weighted by Crippen LogP contribution is 2.25. The largest absolute Gasteiger partial charge is 0.470 e. The number of aromatic nitrogens is 1. The first-order chi connectivity index (χ1) is 8.81. The zero-order valence-electron chi connectivity index (χ0n) is 12.5. The van der Waals surface area contributed by atoms with Crippen LogP contribution in [0, 0.1) is 0 Å². The molecule has 0 bridgehead atoms. The third-order valence-electron chi connectivity index (χ3n) is 2.55. The second-order valence-corrected chi connectivity index (χ2v) is 6.84. The van der Waals surface area contributed by atoms with E-state index in [0.717, 1.165) is 18.8 Å². The molecule has 0 aliphatic heterocycles. The van der Waals surface area contributed by atoms with Crippen molar-refractivity contribution in [1.29, 1.82) is 0 Å². The van der Waals surface area contributed by atoms with Gasteiger partial charge in [0.1, 0.15) is 11.4 Å². The normalized spacial score (nSPS) is 13.1. The van der Waals surface area contributed by atoms with Gasteiger partial charge in [0, 0.05) is 11.8 Å². The number of nitrogens with two attached hydrogens (primary N) is 1. The summed E-state index contributed by atoms with van der Waals surface area (Å²) in [5.41, 5.74) is 6.15. The zero-order chi connectivity index (χ0) is 14.5. The summed E-state index contributed by atoms with van der Waals surface area (Å²) in [6.07, 6.45) is 3.23. The molecule has 5 heteroatoms. The van der Waals surface area contributed by atoms with Crippen LogP contribution in [0.1, 0.15) is 34.1 Å². The predicted molar refractivity (Wildman–Crippen MR) is 85.1 cm³/mol. The molecule has 0 amide bonds. The molecule has 0 saturated heterocycles. The fraction of sp³-hybridized carbons (Fsp3) is 0.643. The molecule has 0 radical (unpaired) electrons. The topological polar surface area (TPSA) is 60.2 Å². The molecule has 0 fully saturated rings. The van der Waals surface area contributed by atoms with E-state index >= 15 is 0 Å². The maximum absolute atomic E-state index is 5.88. The van der Waals surface area contributed by atoms with E-state index in [9.17, 15) is 0 Å². The van der Waals surface area contributed by atoms with E-state index in [1.165, 1.54) is 0 Å². The Morgan fingerprint density at radius 1 is 1.42 bits per heavy atom. The van der Waals surface area contributed by atoms with Gasteiger partial charge >= 0.3 is 0 Å². The Labute approximate surface area is 120 Å². The quantitative estimate of drug-likeness (QED) is 0.838. The number of hydrogen-bond acceptors (Lipinski definition) is 5. The van der Waals surface area contributed by atoms with E-state index in [0.29, 0.717) is 16.8 Å². The van der Waals surface area contributed by atoms with Crippen molar-refractivity contribution in [3.05, 3.63) is 12.1 Å². The highest BCUT2D eigenvalue weighted by atomic mass is 32.2. The smallest absolute Gasteiger partial charge is 0.239 e. The van der Waals surface area contributed by atoms with E-state index in [1.54, 1.807) is 0 Å². The molecule has 1 aromatic rings. The first kappa shape index (κ1) is 16.0. The first-order valence-corrected chi connectivity index (χ1v) is 7.83. The van der Waals surface area contributed by atoms with Crippen LogP contribution >= 0.6 is 11.8 Å². The molecule has 1 aromatic heterocycles. The minimum absolute atomic E-state index is 0.299. The molecule has 3 N–H and O–H groups in total. The van der Waals surface area contributed by atoms with Crippen molar-refractivity contribution in [2.24, 2.45) is 0 Å². The lowest BCUT2D eigenvalue weighted by molar-refractivity contribution is 0.125. The Balaban J connectivity index is 2.63. The summed E-state index contributed by atoms with van der Waals surface area (Å²) >= 11 is 1.87. The molecule has 108 valence electrons. The SMILES string of the molecule is CSC(C)CCNc1ccc(N)c(OC(C)(C)C)n1. The summed E-state index contributed by atoms with van der Waals surface area (Å²) in [5.74, 6) is 1.30. The highest BCUT2D eigenvalue weighted by Gasteiger charge is 2.15. The fourth-order valence-electron chi connectivity index (χ4n) is 1.44. The first-order valence-electron chi connectivity index (χ1n) is 6.54. The number of rotatable bonds is 6. The van der Waals surface area contributed by atoms with Gasteiger partial charge in [-0.3, -0.25) is 0 Å². The van der Waals surface area contributed by atoms with Gasteiger partial charge in [-0.2, -0.15) is 16.7 Å². The van der Waals surface area contributed by atoms with Gasteiger partial charge in [0.25, 0.3) is 0 Å². The molecule has 1 rings (SSSR count). The molecule has 0 aliphatic rings. The van der Waals surface area contributed by atoms with E-state index < -0.39 is 0 Å². The number of hydrogen-bond donors (Lipinski definition) is 2. The van der Waals surface area contributed by atoms with Crippen molar-refractivity contribution in [2.75, 3.05) is 23.9 Å². The molecule has 1 unspecified atom stereocenters. The van der Waals surface area contributed by atoms with Crippen LogP contribution in [0.15, 0.2) is 12.1 Å². The van der Waals surface area contributed by atoms with Gasteiger partial charge in [0.05, 0.1) is 5.69 Å². The summed E-state index contributed by atoms with van der Waals surface area (Å²) < 4.78 is 5.74. The Kier molecular flexibility index (Phi) is 5.79. The minimum atomic E-state index is -0.299. The number of nitrogens with zero attached hydrogens (tertiary/aromatic N) is 1. The summed E-state index contributed by atoms with van der Waals surface area (Å²) in [7, 11) is 0. The predicted octanol–water partition coefficient (Wildman–Crippen LogP) is 3.39. The number of nitrogen functional groups attached to an aromatic ring is 1. The second kappa shape index (κ2) is 6.89. The Morgan fingerprint density at radius 3 is 2.68 bits per heavy atom. The van der Waals surface area contributed by atoms with Crippen molar-refractivity contribution < 1.29 is 4.74 Å². The average Bonchev–Trinajstić information content (AvgIpc) is 2.31. The lowest BCUT2D eigenvalue weighted by atomic mass is 10.2. The number of thioether (sulfide) groups is 1. The van der Waals surface area contributed by atoms with Crippen LogP contribution in [0.2, 0.25) is 0 Å². The van der Waals surface area contributed by atoms with E-state index in [-0.39, 0.29) is 5.60 Å². The van der Waals surface area contributed by atoms with Gasteiger partial charge in [0.15, 0.2) is 0 Å². The highest BCUT2D eigenvalue weighted by molar-refractivity contribution is 7.99. The Hall–Kier alpha value is -1.10. The van der Waals surface area contributed by atoms with Crippen LogP contribution in [0.4, 0.5) is 11.5 Å². The van der Waals surface area contributed by atoms with Crippen LogP contribution in [0.3, 0.4) is 0 Å². The molecule has 0 aromatic carbocycles. The summed E-state index contributed by atoms with van der Waals surface area (Å²) in [6, 6.07) is 3.71. The van der Waals surface area contributed by atoms with Crippen molar-refractivity contribution in [3.63, 3.8) is 0 Å². The Morgan fingerprint density at radius 2 is 2.11 bits per heavy atom. The van der Waals surface area contributed by atoms with Crippen LogP contribution in [0.25, 0.3) is 0 Å². The third kappa shape index (κ3) is 6.05. The maximum atomic E-state index is 5.88. The maximum Gasteiger partial charge on any atom is 0.239 e. The van der Waals surface area contributed by atoms with Crippen molar-refractivity contribution in [1.82, 2.24) is 4.98 Å². The second-order valence-electron chi connectivity index (χ2n) is 5.57. The molecule has 1 heterocycles. The summed E-state index contributed by atoms with van der Waals surface area (Å²) in [4.78, 5) is 4.42. The van der Waals surface area contributed by atoms with Gasteiger partial charge in [-0.1, -0.05) is 6.92 Å². The van der Waals surface area contributed by atoms with E-state index in [1.807, 2.05) is 44.7 Å². The van der Waals surface area contributed by atoms with Crippen LogP contribution < -0.4 is 15.8 Å². The van der Waals surface area contributed by atoms with Gasteiger partial charge in [-0.05, 0) is 45.6 Å². The molecule has 0 spiro atoms. The number of ether oxygens (including phenoxy) is 1. The van der Waals surface area contributed by atoms with Gasteiger partial charge in [-0.25, -0.2) is 0 Å². The fourth-order valence-corrected chi connectivity index (χ4v) is 1.80. The van der Waals surface area contributed by atoms with Crippen LogP contribution in [0.5, 0.6) is 5.88 Å². The average molecular weight is 283 g/mol. The molecule has 0 aliphatic carbocycles. The summed E-state index contributed by atoms with van der Waals surface area (Å²) in [5, 5.41) is 3.95. The number of anilines is 2. The molecular weight excluding hydrogens is 258 g/mol. The molecule has 0 saturated carbocycles. The lowest BCUT2D eigenvalue weighted by Crippen LogP contribution is -2.24. The van der Waals surface area contributed by atoms with E-state index in [4.69, 9.17) is 10.5 Å². The van der Waals surface area contributed by atoms with Crippen LogP contribution in [-0.4, -0.2) is 28.6 Å². The molecule has 1 atom stereocenters. The number of pyridine rings is 1. The van der Waals surface area contributed by atoms with Crippen molar-refractivity contribution in [2.45, 2.75) is 45.0 Å². The molecule has 4 nitrogen and oxygen atoms in total. The van der Waals surface area contributed by atoms with E-state index in [2.05, 4.69) is 23.5 Å². The van der Waals surface area contributed by atoms with Gasteiger partial charge < -0.3 is 15.8 Å². The van der Waals surface area contributed by atoms with Gasteiger partial charge in [-0.15, -0.1) is 0 Å². The standard InChI is InChI=1S/C14H25N3OS/c1-10(19-5)8-9-16-12-7-6-11(15)13(17-12)18-14(2,3)4/h6-7,10H,8-9,15H2,1-5H3,(H,16,17). The number of nitrogens with one attached hydrogen (secondary N) is 1.